The number of rotatable bonds is 4. The number of hydrogen-bond acceptors (Lipinski definition) is 4. The fourth-order valence-corrected chi connectivity index (χ4v) is 3.06. The lowest BCUT2D eigenvalue weighted by Crippen LogP contribution is -2.29. The van der Waals surface area contributed by atoms with E-state index in [0.717, 1.165) is 11.5 Å². The van der Waals surface area contributed by atoms with E-state index in [0.29, 0.717) is 5.56 Å². The van der Waals surface area contributed by atoms with Gasteiger partial charge in [-0.3, -0.25) is 4.79 Å². The first kappa shape index (κ1) is 13.7. The molecule has 1 amide bonds. The van der Waals surface area contributed by atoms with Gasteiger partial charge < -0.3 is 11.1 Å². The largest absolute Gasteiger partial charge is 0.366 e. The maximum absolute atomic E-state index is 13.7. The van der Waals surface area contributed by atoms with Crippen LogP contribution in [0.25, 0.3) is 0 Å². The van der Waals surface area contributed by atoms with Gasteiger partial charge >= 0.3 is 0 Å². The summed E-state index contributed by atoms with van der Waals surface area (Å²) in [5, 5.41) is 4.07. The van der Waals surface area contributed by atoms with Crippen molar-refractivity contribution in [1.29, 1.82) is 0 Å². The van der Waals surface area contributed by atoms with E-state index >= 15 is 0 Å². The molecule has 0 radical (unpaired) electrons. The van der Waals surface area contributed by atoms with Gasteiger partial charge in [0.25, 0.3) is 0 Å². The summed E-state index contributed by atoms with van der Waals surface area (Å²) in [4.78, 5) is 10.9. The van der Waals surface area contributed by atoms with E-state index in [9.17, 15) is 17.6 Å². The Balaban J connectivity index is 2.01. The van der Waals surface area contributed by atoms with Crippen LogP contribution in [0.2, 0.25) is 0 Å². The van der Waals surface area contributed by atoms with Gasteiger partial charge in [0.15, 0.2) is 9.84 Å². The number of amides is 1. The Hall–Kier alpha value is -1.73. The molecule has 1 aromatic carbocycles. The van der Waals surface area contributed by atoms with Gasteiger partial charge in [0, 0.05) is 29.1 Å². The van der Waals surface area contributed by atoms with Crippen molar-refractivity contribution in [3.8, 4) is 0 Å². The number of halogens is 1. The van der Waals surface area contributed by atoms with Crippen molar-refractivity contribution in [2.45, 2.75) is 12.6 Å². The van der Waals surface area contributed by atoms with E-state index in [1.54, 1.807) is 0 Å². The van der Waals surface area contributed by atoms with Crippen molar-refractivity contribution in [2.75, 3.05) is 5.75 Å². The average molecular weight is 284 g/mol. The predicted molar refractivity (Wildman–Crippen MR) is 68.5 cm³/mol. The first-order valence-electron chi connectivity index (χ1n) is 5.60. The standard InChI is InChI=1S/C12H13FN2O3S/c13-11-5-8(12(14)16)1-2-9(11)6-15-10-3-4-19(17,18)7-10/h1-5,10,15H,6-7H2,(H2,14,16). The van der Waals surface area contributed by atoms with Crippen LogP contribution in [0, 0.1) is 5.82 Å². The number of carbonyl (C=O) groups is 1. The first-order valence-corrected chi connectivity index (χ1v) is 7.31. The fourth-order valence-electron chi connectivity index (χ4n) is 1.79. The fraction of sp³-hybridized carbons (Fsp3) is 0.250. The predicted octanol–water partition coefficient (Wildman–Crippen LogP) is 0.325. The number of carbonyl (C=O) groups excluding carboxylic acids is 1. The highest BCUT2D eigenvalue weighted by molar-refractivity contribution is 7.94. The van der Waals surface area contributed by atoms with Gasteiger partial charge in [0.05, 0.1) is 5.75 Å². The van der Waals surface area contributed by atoms with E-state index in [4.69, 9.17) is 5.73 Å². The second-order valence-corrected chi connectivity index (χ2v) is 6.25. The third-order valence-corrected chi connectivity index (χ3v) is 4.22. The van der Waals surface area contributed by atoms with E-state index in [1.807, 2.05) is 0 Å². The SMILES string of the molecule is NC(=O)c1ccc(CNC2C=CS(=O)(=O)C2)c(F)c1. The van der Waals surface area contributed by atoms with Crippen LogP contribution in [0.3, 0.4) is 0 Å². The minimum Gasteiger partial charge on any atom is -0.366 e. The average Bonchev–Trinajstić information content (AvgIpc) is 2.67. The van der Waals surface area contributed by atoms with Crippen LogP contribution in [0.1, 0.15) is 15.9 Å². The molecular formula is C12H13FN2O3S. The Morgan fingerprint density at radius 3 is 2.74 bits per heavy atom. The van der Waals surface area contributed by atoms with Gasteiger partial charge in [0.2, 0.25) is 5.91 Å². The van der Waals surface area contributed by atoms with Crippen molar-refractivity contribution in [3.05, 3.63) is 46.6 Å². The zero-order chi connectivity index (χ0) is 14.0. The lowest BCUT2D eigenvalue weighted by Gasteiger charge is -2.10. The maximum Gasteiger partial charge on any atom is 0.248 e. The van der Waals surface area contributed by atoms with E-state index < -0.39 is 21.6 Å². The van der Waals surface area contributed by atoms with E-state index in [-0.39, 0.29) is 23.9 Å². The molecule has 0 fully saturated rings. The monoisotopic (exact) mass is 284 g/mol. The summed E-state index contributed by atoms with van der Waals surface area (Å²) in [5.74, 6) is -1.26. The van der Waals surface area contributed by atoms with Crippen LogP contribution in [0.5, 0.6) is 0 Å². The van der Waals surface area contributed by atoms with E-state index in [2.05, 4.69) is 5.32 Å². The lowest BCUT2D eigenvalue weighted by molar-refractivity contribution is 0.1000. The Morgan fingerprint density at radius 1 is 1.47 bits per heavy atom. The molecule has 1 unspecified atom stereocenters. The lowest BCUT2D eigenvalue weighted by atomic mass is 10.1. The van der Waals surface area contributed by atoms with Gasteiger partial charge in [0.1, 0.15) is 5.82 Å². The van der Waals surface area contributed by atoms with Gasteiger partial charge in [-0.25, -0.2) is 12.8 Å². The highest BCUT2D eigenvalue weighted by Crippen LogP contribution is 2.12. The molecule has 102 valence electrons. The molecule has 0 bridgehead atoms. The highest BCUT2D eigenvalue weighted by atomic mass is 32.2. The van der Waals surface area contributed by atoms with Crippen molar-refractivity contribution in [1.82, 2.24) is 5.32 Å². The van der Waals surface area contributed by atoms with Crippen LogP contribution >= 0.6 is 0 Å². The number of benzene rings is 1. The molecular weight excluding hydrogens is 271 g/mol. The van der Waals surface area contributed by atoms with Crippen LogP contribution in [0.15, 0.2) is 29.7 Å². The summed E-state index contributed by atoms with van der Waals surface area (Å²) in [5.41, 5.74) is 5.49. The molecule has 1 atom stereocenters. The van der Waals surface area contributed by atoms with Crippen LogP contribution < -0.4 is 11.1 Å². The molecule has 0 aromatic heterocycles. The number of nitrogens with one attached hydrogen (secondary N) is 1. The molecule has 1 aliphatic heterocycles. The summed E-state index contributed by atoms with van der Waals surface area (Å²) in [6.07, 6.45) is 1.53. The highest BCUT2D eigenvalue weighted by Gasteiger charge is 2.21. The number of nitrogens with two attached hydrogens (primary N) is 1. The van der Waals surface area contributed by atoms with Gasteiger partial charge in [-0.05, 0) is 12.1 Å². The molecule has 0 spiro atoms. The molecule has 2 rings (SSSR count). The Bertz CT molecular complexity index is 640. The molecule has 3 N–H and O–H groups in total. The van der Waals surface area contributed by atoms with Crippen molar-refractivity contribution >= 4 is 15.7 Å². The van der Waals surface area contributed by atoms with Crippen molar-refractivity contribution in [3.63, 3.8) is 0 Å². The van der Waals surface area contributed by atoms with Crippen LogP contribution in [-0.4, -0.2) is 26.1 Å². The van der Waals surface area contributed by atoms with Crippen molar-refractivity contribution in [2.24, 2.45) is 5.73 Å². The topological polar surface area (TPSA) is 89.3 Å². The van der Waals surface area contributed by atoms with Crippen LogP contribution in [-0.2, 0) is 16.4 Å². The minimum absolute atomic E-state index is 0.0199. The normalized spacial score (nSPS) is 20.6. The number of hydrogen-bond donors (Lipinski definition) is 2. The molecule has 1 heterocycles. The number of primary amides is 1. The van der Waals surface area contributed by atoms with Gasteiger partial charge in [-0.1, -0.05) is 12.1 Å². The summed E-state index contributed by atoms with van der Waals surface area (Å²) < 4.78 is 36.0. The third kappa shape index (κ3) is 3.39. The Labute approximate surface area is 110 Å². The second kappa shape index (κ2) is 5.10. The zero-order valence-corrected chi connectivity index (χ0v) is 10.8. The quantitative estimate of drug-likeness (QED) is 0.833. The zero-order valence-electron chi connectivity index (χ0n) is 9.97. The molecule has 7 heteroatoms. The maximum atomic E-state index is 13.7. The third-order valence-electron chi connectivity index (χ3n) is 2.82. The Kier molecular flexibility index (Phi) is 3.68. The second-order valence-electron chi connectivity index (χ2n) is 4.32. The smallest absolute Gasteiger partial charge is 0.248 e. The van der Waals surface area contributed by atoms with Gasteiger partial charge in [-0.15, -0.1) is 0 Å². The number of sulfone groups is 1. The van der Waals surface area contributed by atoms with Crippen LogP contribution in [0.4, 0.5) is 4.39 Å². The summed E-state index contributed by atoms with van der Waals surface area (Å²) in [6.45, 7) is 0.176. The Morgan fingerprint density at radius 2 is 2.21 bits per heavy atom. The minimum atomic E-state index is -3.13. The first-order chi connectivity index (χ1) is 8.87. The van der Waals surface area contributed by atoms with E-state index in [1.165, 1.54) is 18.2 Å². The summed E-state index contributed by atoms with van der Waals surface area (Å²) in [6, 6.07) is 3.64. The van der Waals surface area contributed by atoms with Crippen molar-refractivity contribution < 1.29 is 17.6 Å². The summed E-state index contributed by atoms with van der Waals surface area (Å²) in [7, 11) is -3.13. The van der Waals surface area contributed by atoms with Gasteiger partial charge in [-0.2, -0.15) is 0 Å². The molecule has 1 aromatic rings. The molecule has 19 heavy (non-hydrogen) atoms. The summed E-state index contributed by atoms with van der Waals surface area (Å²) >= 11 is 0. The molecule has 0 aliphatic carbocycles. The molecule has 0 saturated heterocycles. The molecule has 5 nitrogen and oxygen atoms in total. The molecule has 1 aliphatic rings. The molecule has 0 saturated carbocycles.